The van der Waals surface area contributed by atoms with Gasteiger partial charge >= 0.3 is 0 Å². The van der Waals surface area contributed by atoms with Gasteiger partial charge in [0.1, 0.15) is 5.75 Å². The molecule has 2 rings (SSSR count). The van der Waals surface area contributed by atoms with E-state index in [9.17, 15) is 4.79 Å². The number of hydrogen-bond donors (Lipinski definition) is 0. The van der Waals surface area contributed by atoms with Crippen LogP contribution in [-0.4, -0.2) is 30.0 Å². The molecule has 1 heterocycles. The number of carbonyl (C=O) groups is 1. The Bertz CT molecular complexity index is 417. The van der Waals surface area contributed by atoms with Crippen LogP contribution in [0.4, 0.5) is 0 Å². The fourth-order valence-electron chi connectivity index (χ4n) is 2.92. The van der Waals surface area contributed by atoms with Gasteiger partial charge in [0.15, 0.2) is 0 Å². The van der Waals surface area contributed by atoms with E-state index in [1.807, 2.05) is 24.3 Å². The van der Waals surface area contributed by atoms with Crippen molar-refractivity contribution in [1.29, 1.82) is 0 Å². The van der Waals surface area contributed by atoms with E-state index in [4.69, 9.17) is 4.74 Å². The van der Waals surface area contributed by atoms with Crippen molar-refractivity contribution in [2.45, 2.75) is 51.6 Å². The van der Waals surface area contributed by atoms with Gasteiger partial charge in [-0.25, -0.2) is 0 Å². The molecule has 1 aliphatic rings. The maximum Gasteiger partial charge on any atom is 0.227 e. The summed E-state index contributed by atoms with van der Waals surface area (Å²) in [5.74, 6) is 1.07. The number of amides is 1. The third kappa shape index (κ3) is 3.28. The fraction of sp³-hybridized carbons (Fsp3) is 0.562. The van der Waals surface area contributed by atoms with E-state index in [2.05, 4.69) is 18.7 Å². The maximum absolute atomic E-state index is 12.4. The van der Waals surface area contributed by atoms with Crippen LogP contribution in [0.1, 0.15) is 38.7 Å². The molecule has 0 aliphatic carbocycles. The van der Waals surface area contributed by atoms with Gasteiger partial charge < -0.3 is 9.64 Å². The van der Waals surface area contributed by atoms with Crippen LogP contribution in [0.15, 0.2) is 24.3 Å². The van der Waals surface area contributed by atoms with Crippen LogP contribution in [0.3, 0.4) is 0 Å². The Morgan fingerprint density at radius 1 is 1.21 bits per heavy atom. The zero-order valence-corrected chi connectivity index (χ0v) is 12.1. The standard InChI is InChI=1S/C16H23NO2/c1-12-5-4-6-13(2)17(12)16(18)11-14-7-9-15(19-3)10-8-14/h7-10,12-13H,4-6,11H2,1-3H3. The summed E-state index contributed by atoms with van der Waals surface area (Å²) < 4.78 is 5.13. The predicted octanol–water partition coefficient (Wildman–Crippen LogP) is 3.03. The zero-order valence-electron chi connectivity index (χ0n) is 12.1. The molecule has 1 saturated heterocycles. The minimum absolute atomic E-state index is 0.241. The van der Waals surface area contributed by atoms with E-state index >= 15 is 0 Å². The van der Waals surface area contributed by atoms with Crippen LogP contribution in [0.2, 0.25) is 0 Å². The lowest BCUT2D eigenvalue weighted by atomic mass is 9.96. The van der Waals surface area contributed by atoms with E-state index < -0.39 is 0 Å². The Hall–Kier alpha value is -1.51. The molecule has 0 bridgehead atoms. The second-order valence-electron chi connectivity index (χ2n) is 5.45. The second-order valence-corrected chi connectivity index (χ2v) is 5.45. The minimum Gasteiger partial charge on any atom is -0.497 e. The predicted molar refractivity (Wildman–Crippen MR) is 76.3 cm³/mol. The summed E-state index contributed by atoms with van der Waals surface area (Å²) in [4.78, 5) is 14.5. The Morgan fingerprint density at radius 2 is 1.79 bits per heavy atom. The van der Waals surface area contributed by atoms with Gasteiger partial charge in [0.05, 0.1) is 13.5 Å². The van der Waals surface area contributed by atoms with Gasteiger partial charge in [0.2, 0.25) is 5.91 Å². The first-order valence-corrected chi connectivity index (χ1v) is 7.06. The molecule has 104 valence electrons. The third-order valence-corrected chi connectivity index (χ3v) is 4.00. The number of piperidine rings is 1. The smallest absolute Gasteiger partial charge is 0.227 e. The van der Waals surface area contributed by atoms with E-state index in [1.54, 1.807) is 7.11 Å². The van der Waals surface area contributed by atoms with Crippen molar-refractivity contribution in [2.24, 2.45) is 0 Å². The second kappa shape index (κ2) is 6.09. The summed E-state index contributed by atoms with van der Waals surface area (Å²) in [7, 11) is 1.65. The minimum atomic E-state index is 0.241. The topological polar surface area (TPSA) is 29.5 Å². The van der Waals surface area contributed by atoms with Gasteiger partial charge in [0, 0.05) is 12.1 Å². The van der Waals surface area contributed by atoms with E-state index in [-0.39, 0.29) is 5.91 Å². The van der Waals surface area contributed by atoms with Crippen molar-refractivity contribution in [3.8, 4) is 5.75 Å². The first-order valence-electron chi connectivity index (χ1n) is 7.06. The van der Waals surface area contributed by atoms with Crippen molar-refractivity contribution in [2.75, 3.05) is 7.11 Å². The van der Waals surface area contributed by atoms with Gasteiger partial charge in [-0.15, -0.1) is 0 Å². The Morgan fingerprint density at radius 3 is 2.32 bits per heavy atom. The molecule has 3 nitrogen and oxygen atoms in total. The molecule has 19 heavy (non-hydrogen) atoms. The normalized spacial score (nSPS) is 23.2. The highest BCUT2D eigenvalue weighted by Gasteiger charge is 2.28. The molecule has 0 aromatic heterocycles. The van der Waals surface area contributed by atoms with Crippen LogP contribution in [-0.2, 0) is 11.2 Å². The number of carbonyl (C=O) groups excluding carboxylic acids is 1. The SMILES string of the molecule is COc1ccc(CC(=O)N2C(C)CCCC2C)cc1. The lowest BCUT2D eigenvalue weighted by Gasteiger charge is -2.39. The van der Waals surface area contributed by atoms with Crippen LogP contribution in [0.5, 0.6) is 5.75 Å². The average molecular weight is 261 g/mol. The maximum atomic E-state index is 12.4. The molecular weight excluding hydrogens is 238 g/mol. The molecule has 0 radical (unpaired) electrons. The lowest BCUT2D eigenvalue weighted by Crippen LogP contribution is -2.48. The van der Waals surface area contributed by atoms with Crippen LogP contribution in [0, 0.1) is 0 Å². The summed E-state index contributed by atoms with van der Waals surface area (Å²) in [6, 6.07) is 8.49. The number of likely N-dealkylation sites (tertiary alicyclic amines) is 1. The van der Waals surface area contributed by atoms with Crippen molar-refractivity contribution < 1.29 is 9.53 Å². The van der Waals surface area contributed by atoms with Gasteiger partial charge in [-0.3, -0.25) is 4.79 Å². The van der Waals surface area contributed by atoms with E-state index in [0.29, 0.717) is 18.5 Å². The van der Waals surface area contributed by atoms with E-state index in [1.165, 1.54) is 6.42 Å². The third-order valence-electron chi connectivity index (χ3n) is 4.00. The largest absolute Gasteiger partial charge is 0.497 e. The zero-order chi connectivity index (χ0) is 13.8. The highest BCUT2D eigenvalue weighted by Crippen LogP contribution is 2.23. The number of nitrogens with zero attached hydrogens (tertiary/aromatic N) is 1. The average Bonchev–Trinajstić information content (AvgIpc) is 2.39. The molecular formula is C16H23NO2. The van der Waals surface area contributed by atoms with Gasteiger partial charge in [0.25, 0.3) is 0 Å². The highest BCUT2D eigenvalue weighted by molar-refractivity contribution is 5.79. The van der Waals surface area contributed by atoms with Crippen LogP contribution >= 0.6 is 0 Å². The number of ether oxygens (including phenoxy) is 1. The van der Waals surface area contributed by atoms with Gasteiger partial charge in [-0.1, -0.05) is 12.1 Å². The number of rotatable bonds is 3. The Kier molecular flexibility index (Phi) is 4.46. The van der Waals surface area contributed by atoms with Gasteiger partial charge in [-0.05, 0) is 50.8 Å². The van der Waals surface area contributed by atoms with Crippen molar-refractivity contribution >= 4 is 5.91 Å². The monoisotopic (exact) mass is 261 g/mol. The summed E-state index contributed by atoms with van der Waals surface area (Å²) in [6.45, 7) is 4.31. The molecule has 1 fully saturated rings. The van der Waals surface area contributed by atoms with Crippen molar-refractivity contribution in [3.05, 3.63) is 29.8 Å². The van der Waals surface area contributed by atoms with Crippen LogP contribution in [0.25, 0.3) is 0 Å². The first-order chi connectivity index (χ1) is 9.11. The number of hydrogen-bond acceptors (Lipinski definition) is 2. The summed E-state index contributed by atoms with van der Waals surface area (Å²) >= 11 is 0. The number of methoxy groups -OCH3 is 1. The van der Waals surface area contributed by atoms with Crippen molar-refractivity contribution in [3.63, 3.8) is 0 Å². The number of benzene rings is 1. The molecule has 1 aromatic rings. The molecule has 3 heteroatoms. The lowest BCUT2D eigenvalue weighted by molar-refractivity contribution is -0.136. The van der Waals surface area contributed by atoms with Crippen LogP contribution < -0.4 is 4.74 Å². The first kappa shape index (κ1) is 13.9. The highest BCUT2D eigenvalue weighted by atomic mass is 16.5. The molecule has 2 atom stereocenters. The molecule has 1 amide bonds. The van der Waals surface area contributed by atoms with E-state index in [0.717, 1.165) is 24.2 Å². The Labute approximate surface area is 115 Å². The quantitative estimate of drug-likeness (QED) is 0.837. The molecule has 0 N–H and O–H groups in total. The fourth-order valence-corrected chi connectivity index (χ4v) is 2.92. The van der Waals surface area contributed by atoms with Gasteiger partial charge in [-0.2, -0.15) is 0 Å². The summed E-state index contributed by atoms with van der Waals surface area (Å²) in [5, 5.41) is 0. The van der Waals surface area contributed by atoms with Crippen molar-refractivity contribution in [1.82, 2.24) is 4.90 Å². The molecule has 0 saturated carbocycles. The molecule has 0 spiro atoms. The molecule has 1 aromatic carbocycles. The summed E-state index contributed by atoms with van der Waals surface area (Å²) in [6.07, 6.45) is 3.96. The Balaban J connectivity index is 2.02. The molecule has 1 aliphatic heterocycles. The summed E-state index contributed by atoms with van der Waals surface area (Å²) in [5.41, 5.74) is 1.05. The molecule has 2 unspecified atom stereocenters.